The quantitative estimate of drug-likeness (QED) is 0.622. The van der Waals surface area contributed by atoms with Crippen LogP contribution in [-0.4, -0.2) is 45.4 Å². The summed E-state index contributed by atoms with van der Waals surface area (Å²) in [6, 6.07) is 9.42. The van der Waals surface area contributed by atoms with E-state index in [2.05, 4.69) is 36.7 Å². The molecule has 1 saturated heterocycles. The largest absolute Gasteiger partial charge is 0.405 e. The van der Waals surface area contributed by atoms with Crippen LogP contribution in [0.15, 0.2) is 47.1 Å². The average molecular weight is 383 g/mol. The molecule has 0 aliphatic carbocycles. The number of benzene rings is 1. The van der Waals surface area contributed by atoms with Crippen LogP contribution in [0.4, 0.5) is 0 Å². The van der Waals surface area contributed by atoms with E-state index in [1.54, 1.807) is 7.11 Å². The lowest BCUT2D eigenvalue weighted by molar-refractivity contribution is 0.217. The molecule has 0 saturated carbocycles. The summed E-state index contributed by atoms with van der Waals surface area (Å²) in [6.07, 6.45) is 5.83. The number of aliphatic imine (C=N–C) groups is 1. The van der Waals surface area contributed by atoms with Crippen LogP contribution in [0.2, 0.25) is 12.1 Å². The molecule has 1 fully saturated rings. The Labute approximate surface area is 163 Å². The summed E-state index contributed by atoms with van der Waals surface area (Å²) in [5.41, 5.74) is 5.80. The van der Waals surface area contributed by atoms with Crippen molar-refractivity contribution in [3.63, 3.8) is 0 Å². The molecule has 1 aromatic rings. The van der Waals surface area contributed by atoms with E-state index < -0.39 is 8.24 Å². The Kier molecular flexibility index (Phi) is 5.10. The summed E-state index contributed by atoms with van der Waals surface area (Å²) in [6.45, 7) is 7.14. The Morgan fingerprint density at radius 2 is 2.15 bits per heavy atom. The molecule has 4 nitrogen and oxygen atoms in total. The Bertz CT molecular complexity index is 809. The molecule has 2 N–H and O–H groups in total. The summed E-state index contributed by atoms with van der Waals surface area (Å²) >= 11 is 0. The number of ether oxygens (including phenoxy) is 1. The van der Waals surface area contributed by atoms with Crippen molar-refractivity contribution >= 4 is 19.1 Å². The molecule has 3 aliphatic rings. The van der Waals surface area contributed by atoms with Crippen molar-refractivity contribution in [3.05, 3.63) is 53.3 Å². The average Bonchev–Trinajstić information content (AvgIpc) is 2.68. The first-order valence-electron chi connectivity index (χ1n) is 10.1. The van der Waals surface area contributed by atoms with Crippen molar-refractivity contribution in [1.29, 1.82) is 0 Å². The van der Waals surface area contributed by atoms with Gasteiger partial charge in [0.1, 0.15) is 0 Å². The molecular formula is C22H30N2O2Si. The Hall–Kier alpha value is -1.69. The number of aliphatic hydroxyl groups excluding tert-OH is 1. The van der Waals surface area contributed by atoms with E-state index in [9.17, 15) is 5.11 Å². The number of hydrogen-bond acceptors (Lipinski definition) is 4. The molecule has 0 bridgehead atoms. The van der Waals surface area contributed by atoms with E-state index in [-0.39, 0.29) is 18.6 Å². The van der Waals surface area contributed by atoms with Crippen molar-refractivity contribution in [1.82, 2.24) is 4.98 Å². The lowest BCUT2D eigenvalue weighted by Crippen LogP contribution is -2.66. The fourth-order valence-corrected chi connectivity index (χ4v) is 9.98. The molecule has 1 spiro atoms. The molecule has 27 heavy (non-hydrogen) atoms. The Balaban J connectivity index is 1.85. The van der Waals surface area contributed by atoms with Gasteiger partial charge in [-0.2, -0.15) is 0 Å². The highest BCUT2D eigenvalue weighted by molar-refractivity contribution is 6.92. The van der Waals surface area contributed by atoms with Gasteiger partial charge in [0, 0.05) is 24.3 Å². The molecule has 0 aromatic heterocycles. The molecule has 0 radical (unpaired) electrons. The van der Waals surface area contributed by atoms with Crippen molar-refractivity contribution in [2.75, 3.05) is 20.3 Å². The van der Waals surface area contributed by atoms with Gasteiger partial charge in [-0.25, -0.2) is 0 Å². The third kappa shape index (κ3) is 3.02. The highest BCUT2D eigenvalue weighted by Gasteiger charge is 2.46. The summed E-state index contributed by atoms with van der Waals surface area (Å²) in [7, 11) is -0.0361. The van der Waals surface area contributed by atoms with Gasteiger partial charge in [0.05, 0.1) is 25.0 Å². The number of fused-ring (bicyclic) bond motifs is 1. The Morgan fingerprint density at radius 1 is 1.37 bits per heavy atom. The van der Waals surface area contributed by atoms with Gasteiger partial charge in [0.2, 0.25) is 0 Å². The van der Waals surface area contributed by atoms with Crippen LogP contribution in [0.5, 0.6) is 0 Å². The lowest BCUT2D eigenvalue weighted by atomic mass is 9.81. The summed E-state index contributed by atoms with van der Waals surface area (Å²) < 4.78 is 5.39. The first kappa shape index (κ1) is 18.7. The van der Waals surface area contributed by atoms with Crippen molar-refractivity contribution < 1.29 is 9.84 Å². The van der Waals surface area contributed by atoms with E-state index in [0.29, 0.717) is 6.61 Å². The first-order valence-corrected chi connectivity index (χ1v) is 12.5. The Morgan fingerprint density at radius 3 is 2.85 bits per heavy atom. The smallest absolute Gasteiger partial charge is 0.186 e. The number of hydrogen-bond donors (Lipinski definition) is 2. The van der Waals surface area contributed by atoms with Crippen LogP contribution < -0.4 is 10.2 Å². The first-order chi connectivity index (χ1) is 13.1. The van der Waals surface area contributed by atoms with Gasteiger partial charge >= 0.3 is 0 Å². The number of nitrogens with zero attached hydrogens (tertiary/aromatic N) is 1. The number of nitrogens with one attached hydrogen (secondary N) is 1. The molecule has 3 aliphatic heterocycles. The summed E-state index contributed by atoms with van der Waals surface area (Å²) in [4.78, 5) is 9.05. The highest BCUT2D eigenvalue weighted by atomic mass is 28.3. The zero-order valence-corrected chi connectivity index (χ0v) is 17.4. The van der Waals surface area contributed by atoms with Gasteiger partial charge in [0.25, 0.3) is 0 Å². The number of rotatable bonds is 4. The molecule has 1 aromatic carbocycles. The van der Waals surface area contributed by atoms with Crippen LogP contribution in [0.3, 0.4) is 0 Å². The van der Waals surface area contributed by atoms with Crippen LogP contribution in [0.1, 0.15) is 43.2 Å². The second kappa shape index (κ2) is 7.38. The van der Waals surface area contributed by atoms with Crippen molar-refractivity contribution in [3.8, 4) is 0 Å². The van der Waals surface area contributed by atoms with Crippen LogP contribution in [0.25, 0.3) is 0 Å². The molecule has 5 heteroatoms. The van der Waals surface area contributed by atoms with Gasteiger partial charge < -0.3 is 14.8 Å². The molecule has 4 rings (SSSR count). The van der Waals surface area contributed by atoms with Crippen LogP contribution in [0, 0.1) is 0 Å². The van der Waals surface area contributed by atoms with Gasteiger partial charge in [-0.1, -0.05) is 57.0 Å². The predicted octanol–water partition coefficient (Wildman–Crippen LogP) is 2.98. The zero-order valence-electron chi connectivity index (χ0n) is 16.4. The number of aliphatic hydroxyl groups is 1. The third-order valence-corrected chi connectivity index (χ3v) is 11.2. The standard InChI is InChI=1S/C22H30N2O2Si/c1-15-18-8-7-9-19-20(18)22(23-21(15)17(10-11-25)14-26-3)16(2)24-27(19)12-5-4-6-13-27/h7-10,15,21,24-25H,2,4-6,11-14H2,1,3H3/b17-10+. The normalized spacial score (nSPS) is 26.4. The fraction of sp³-hybridized carbons (Fsp3) is 0.500. The van der Waals surface area contributed by atoms with Gasteiger partial charge in [-0.15, -0.1) is 0 Å². The second-order valence-corrected chi connectivity index (χ2v) is 12.1. The lowest BCUT2D eigenvalue weighted by Gasteiger charge is -2.45. The van der Waals surface area contributed by atoms with Gasteiger partial charge in [-0.05, 0) is 28.4 Å². The molecule has 0 amide bonds. The highest BCUT2D eigenvalue weighted by Crippen LogP contribution is 2.39. The van der Waals surface area contributed by atoms with E-state index in [1.165, 1.54) is 47.7 Å². The second-order valence-electron chi connectivity index (χ2n) is 8.12. The molecule has 144 valence electrons. The minimum atomic E-state index is -1.73. The maximum absolute atomic E-state index is 9.47. The van der Waals surface area contributed by atoms with E-state index in [1.807, 2.05) is 6.08 Å². The topological polar surface area (TPSA) is 53.9 Å². The molecular weight excluding hydrogens is 352 g/mol. The minimum absolute atomic E-state index is 0.00881. The number of methoxy groups -OCH3 is 1. The summed E-state index contributed by atoms with van der Waals surface area (Å²) in [5, 5.41) is 11.0. The van der Waals surface area contributed by atoms with Crippen molar-refractivity contribution in [2.24, 2.45) is 4.99 Å². The SMILES string of the molecule is C=C1N[Si]2(CCCCC2)c2cccc3c2C1=NC(/C(=C/CO)COC)C3C. The summed E-state index contributed by atoms with van der Waals surface area (Å²) in [5.74, 6) is 0.261. The predicted molar refractivity (Wildman–Crippen MR) is 113 cm³/mol. The van der Waals surface area contributed by atoms with Crippen LogP contribution >= 0.6 is 0 Å². The van der Waals surface area contributed by atoms with E-state index >= 15 is 0 Å². The molecule has 3 heterocycles. The number of allylic oxidation sites excluding steroid dienone is 1. The van der Waals surface area contributed by atoms with Crippen molar-refractivity contribution in [2.45, 2.75) is 50.2 Å². The van der Waals surface area contributed by atoms with Gasteiger partial charge in [0.15, 0.2) is 8.24 Å². The maximum atomic E-state index is 9.47. The van der Waals surface area contributed by atoms with Crippen LogP contribution in [-0.2, 0) is 4.74 Å². The monoisotopic (exact) mass is 382 g/mol. The van der Waals surface area contributed by atoms with Gasteiger partial charge in [-0.3, -0.25) is 4.99 Å². The fourth-order valence-electron chi connectivity index (χ4n) is 5.25. The minimum Gasteiger partial charge on any atom is -0.405 e. The van der Waals surface area contributed by atoms with E-state index in [0.717, 1.165) is 17.0 Å². The third-order valence-electron chi connectivity index (χ3n) is 6.51. The van der Waals surface area contributed by atoms with E-state index in [4.69, 9.17) is 9.73 Å². The molecule has 2 unspecified atom stereocenters. The zero-order chi connectivity index (χ0) is 19.0. The maximum Gasteiger partial charge on any atom is 0.186 e. The molecule has 2 atom stereocenters.